The number of sulfonamides is 1. The van der Waals surface area contributed by atoms with Crippen LogP contribution in [-0.2, 0) is 10.0 Å². The number of rotatable bonds is 6. The number of amides is 1. The molecule has 4 rings (SSSR count). The molecule has 1 amide bonds. The summed E-state index contributed by atoms with van der Waals surface area (Å²) >= 11 is 0. The van der Waals surface area contributed by atoms with Crippen LogP contribution in [0, 0.1) is 11.7 Å². The Hall–Kier alpha value is -1.67. The summed E-state index contributed by atoms with van der Waals surface area (Å²) in [6.07, 6.45) is 7.38. The molecule has 27 heavy (non-hydrogen) atoms. The van der Waals surface area contributed by atoms with Crippen LogP contribution in [0.15, 0.2) is 12.1 Å². The molecule has 3 fully saturated rings. The van der Waals surface area contributed by atoms with Crippen molar-refractivity contribution in [1.29, 1.82) is 0 Å². The van der Waals surface area contributed by atoms with Crippen LogP contribution in [0.3, 0.4) is 0 Å². The third-order valence-corrected chi connectivity index (χ3v) is 6.24. The highest BCUT2D eigenvalue weighted by Crippen LogP contribution is 2.45. The average molecular weight is 396 g/mol. The van der Waals surface area contributed by atoms with Gasteiger partial charge in [0.2, 0.25) is 10.0 Å². The maximum Gasteiger partial charge on any atom is 0.267 e. The second-order valence-corrected chi connectivity index (χ2v) is 9.88. The van der Waals surface area contributed by atoms with Gasteiger partial charge in [0.25, 0.3) is 5.91 Å². The minimum atomic E-state index is -3.75. The first-order valence-corrected chi connectivity index (χ1v) is 11.4. The van der Waals surface area contributed by atoms with E-state index in [-0.39, 0.29) is 11.5 Å². The van der Waals surface area contributed by atoms with Crippen molar-refractivity contribution < 1.29 is 22.3 Å². The second kappa shape index (κ2) is 7.05. The Kier molecular flexibility index (Phi) is 4.88. The smallest absolute Gasteiger partial charge is 0.267 e. The van der Waals surface area contributed by atoms with Gasteiger partial charge in [0.1, 0.15) is 11.6 Å². The maximum atomic E-state index is 14.5. The fourth-order valence-corrected chi connectivity index (χ4v) is 4.77. The largest absolute Gasteiger partial charge is 0.493 e. The van der Waals surface area contributed by atoms with Crippen LogP contribution in [0.25, 0.3) is 0 Å². The van der Waals surface area contributed by atoms with Gasteiger partial charge in [-0.15, -0.1) is 0 Å². The molecular weight excluding hydrogens is 371 g/mol. The van der Waals surface area contributed by atoms with Gasteiger partial charge in [0.05, 0.1) is 18.4 Å². The van der Waals surface area contributed by atoms with Gasteiger partial charge in [-0.1, -0.05) is 0 Å². The normalized spacial score (nSPS) is 27.4. The van der Waals surface area contributed by atoms with E-state index in [0.29, 0.717) is 30.4 Å². The van der Waals surface area contributed by atoms with Crippen LogP contribution in [-0.4, -0.2) is 39.3 Å². The van der Waals surface area contributed by atoms with Gasteiger partial charge in [0, 0.05) is 18.2 Å². The van der Waals surface area contributed by atoms with Crippen molar-refractivity contribution in [2.75, 3.05) is 12.9 Å². The van der Waals surface area contributed by atoms with Gasteiger partial charge in [-0.05, 0) is 62.0 Å². The number of piperidine rings is 1. The molecule has 148 valence electrons. The molecular formula is C19H25FN2O4S. The molecule has 1 aromatic carbocycles. The Morgan fingerprint density at radius 3 is 2.48 bits per heavy atom. The first-order valence-electron chi connectivity index (χ1n) is 9.53. The monoisotopic (exact) mass is 396 g/mol. The van der Waals surface area contributed by atoms with E-state index in [0.717, 1.165) is 37.5 Å². The van der Waals surface area contributed by atoms with Gasteiger partial charge >= 0.3 is 0 Å². The lowest BCUT2D eigenvalue weighted by molar-refractivity contribution is 0.0977. The van der Waals surface area contributed by atoms with Gasteiger partial charge in [0.15, 0.2) is 0 Å². The summed E-state index contributed by atoms with van der Waals surface area (Å²) in [7, 11) is -3.75. The fourth-order valence-electron chi connectivity index (χ4n) is 4.33. The molecule has 2 heterocycles. The fraction of sp³-hybridized carbons (Fsp3) is 0.632. The van der Waals surface area contributed by atoms with Crippen molar-refractivity contribution in [2.45, 2.75) is 56.5 Å². The Balaban J connectivity index is 1.50. The zero-order chi connectivity index (χ0) is 19.2. The molecule has 2 atom stereocenters. The van der Waals surface area contributed by atoms with Crippen LogP contribution >= 0.6 is 0 Å². The molecule has 0 spiro atoms. The standard InChI is InChI=1S/C19H25FN2O4S/c1-27(24,25)22-19(23)16-8-15(12-2-3-12)18(9-17(16)20)26-10-11-6-13-4-5-14(7-11)21-13/h8-9,11-14,21H,2-7,10H2,1H3,(H,22,23). The van der Waals surface area contributed by atoms with Crippen LogP contribution < -0.4 is 14.8 Å². The zero-order valence-electron chi connectivity index (χ0n) is 15.3. The molecule has 8 heteroatoms. The number of benzene rings is 1. The Morgan fingerprint density at radius 1 is 1.22 bits per heavy atom. The van der Waals surface area contributed by atoms with E-state index >= 15 is 0 Å². The highest BCUT2D eigenvalue weighted by Gasteiger charge is 2.34. The number of hydrogen-bond acceptors (Lipinski definition) is 5. The molecule has 2 unspecified atom stereocenters. The van der Waals surface area contributed by atoms with Gasteiger partial charge in [-0.3, -0.25) is 4.79 Å². The number of hydrogen-bond donors (Lipinski definition) is 2. The Morgan fingerprint density at radius 2 is 1.89 bits per heavy atom. The molecule has 1 aromatic rings. The quantitative estimate of drug-likeness (QED) is 0.771. The molecule has 1 aliphatic carbocycles. The van der Waals surface area contributed by atoms with Gasteiger partial charge < -0.3 is 10.1 Å². The van der Waals surface area contributed by atoms with Crippen molar-refractivity contribution in [3.05, 3.63) is 29.1 Å². The van der Waals surface area contributed by atoms with E-state index in [1.54, 1.807) is 0 Å². The highest BCUT2D eigenvalue weighted by molar-refractivity contribution is 7.89. The summed E-state index contributed by atoms with van der Waals surface area (Å²) in [5, 5.41) is 3.60. The molecule has 2 N–H and O–H groups in total. The SMILES string of the molecule is CS(=O)(=O)NC(=O)c1cc(C2CC2)c(OCC2CC3CCC(C2)N3)cc1F. The third-order valence-electron chi connectivity index (χ3n) is 5.68. The summed E-state index contributed by atoms with van der Waals surface area (Å²) in [6, 6.07) is 3.83. The van der Waals surface area contributed by atoms with E-state index in [1.807, 2.05) is 4.72 Å². The lowest BCUT2D eigenvalue weighted by Crippen LogP contribution is -2.39. The van der Waals surface area contributed by atoms with Crippen molar-refractivity contribution in [3.63, 3.8) is 0 Å². The van der Waals surface area contributed by atoms with E-state index in [1.165, 1.54) is 25.0 Å². The Labute approximate surface area is 158 Å². The molecule has 1 saturated carbocycles. The number of halogens is 1. The van der Waals surface area contributed by atoms with Crippen molar-refractivity contribution in [1.82, 2.24) is 10.0 Å². The number of nitrogens with one attached hydrogen (secondary N) is 2. The topological polar surface area (TPSA) is 84.5 Å². The van der Waals surface area contributed by atoms with Crippen molar-refractivity contribution >= 4 is 15.9 Å². The molecule has 2 aliphatic heterocycles. The first kappa shape index (κ1) is 18.7. The zero-order valence-corrected chi connectivity index (χ0v) is 16.1. The van der Waals surface area contributed by atoms with Gasteiger partial charge in [-0.2, -0.15) is 0 Å². The predicted molar refractivity (Wildman–Crippen MR) is 98.8 cm³/mol. The predicted octanol–water partition coefficient (Wildman–Crippen LogP) is 2.30. The average Bonchev–Trinajstić information content (AvgIpc) is 3.36. The number of fused-ring (bicyclic) bond motifs is 2. The molecule has 6 nitrogen and oxygen atoms in total. The molecule has 0 radical (unpaired) electrons. The summed E-state index contributed by atoms with van der Waals surface area (Å²) in [5.74, 6) is -0.530. The van der Waals surface area contributed by atoms with Gasteiger partial charge in [-0.25, -0.2) is 17.5 Å². The lowest BCUT2D eigenvalue weighted by atomic mass is 9.93. The second-order valence-electron chi connectivity index (χ2n) is 8.13. The number of ether oxygens (including phenoxy) is 1. The van der Waals surface area contributed by atoms with Crippen LogP contribution in [0.4, 0.5) is 4.39 Å². The van der Waals surface area contributed by atoms with Crippen LogP contribution in [0.1, 0.15) is 60.4 Å². The first-order chi connectivity index (χ1) is 12.8. The number of carbonyl (C=O) groups excluding carboxylic acids is 1. The summed E-state index contributed by atoms with van der Waals surface area (Å²) < 4.78 is 44.9. The van der Waals surface area contributed by atoms with Crippen molar-refractivity contribution in [3.8, 4) is 5.75 Å². The minimum absolute atomic E-state index is 0.245. The minimum Gasteiger partial charge on any atom is -0.493 e. The maximum absolute atomic E-state index is 14.5. The summed E-state index contributed by atoms with van der Waals surface area (Å²) in [5.41, 5.74) is 0.543. The van der Waals surface area contributed by atoms with Crippen LogP contribution in [0.2, 0.25) is 0 Å². The number of carbonyl (C=O) groups is 1. The van der Waals surface area contributed by atoms with E-state index < -0.39 is 21.7 Å². The summed E-state index contributed by atoms with van der Waals surface area (Å²) in [6.45, 7) is 0.544. The van der Waals surface area contributed by atoms with Crippen molar-refractivity contribution in [2.24, 2.45) is 5.92 Å². The van der Waals surface area contributed by atoms with E-state index in [9.17, 15) is 17.6 Å². The van der Waals surface area contributed by atoms with Crippen LogP contribution in [0.5, 0.6) is 5.75 Å². The Bertz CT molecular complexity index is 842. The van der Waals surface area contributed by atoms with E-state index in [4.69, 9.17) is 4.74 Å². The molecule has 2 saturated heterocycles. The molecule has 2 bridgehead atoms. The van der Waals surface area contributed by atoms with E-state index in [2.05, 4.69) is 5.32 Å². The third kappa shape index (κ3) is 4.43. The molecule has 0 aromatic heterocycles. The highest BCUT2D eigenvalue weighted by atomic mass is 32.2. The lowest BCUT2D eigenvalue weighted by Gasteiger charge is -2.29. The molecule has 3 aliphatic rings. The summed E-state index contributed by atoms with van der Waals surface area (Å²) in [4.78, 5) is 12.1.